The lowest BCUT2D eigenvalue weighted by Gasteiger charge is -2.27. The number of nitrogens with zero attached hydrogens (tertiary/aromatic N) is 7. The Balaban J connectivity index is 1.17. The fourth-order valence-electron chi connectivity index (χ4n) is 6.61. The Labute approximate surface area is 324 Å². The molecule has 2 bridgehead atoms. The van der Waals surface area contributed by atoms with E-state index in [4.69, 9.17) is 39.0 Å². The standard InChI is InChI=1S/C28H39N11O13P2S2/c1-12(3-4-16(40)31-2)56-55-6-5-13-14-7-47-54(45,46)52-21-15(50-26(19(21)41)38-10-34-17-22(29)32-9-33-23(17)38)8-48-53(43,44)51-20(13)27(49-14)39-11-35-18-24(39)36-28(30)37-25(18)42/h9-15,19-21,26-27,41H,3-8H2,1-2H3,(H,31,40)(H,43,44)(H,45,46)(H2,29,32,33)(H3,30,36,37,42)/t12?,13?,14-,15-,19+,20+,21?,26-,27-/m1/s1. The number of ether oxygens (including phenoxy) is 2. The van der Waals surface area contributed by atoms with Gasteiger partial charge in [-0.1, -0.05) is 28.5 Å². The van der Waals surface area contributed by atoms with Crippen LogP contribution in [-0.4, -0.2) is 122 Å². The highest BCUT2D eigenvalue weighted by Gasteiger charge is 2.54. The highest BCUT2D eigenvalue weighted by Crippen LogP contribution is 2.55. The Morgan fingerprint density at radius 3 is 2.39 bits per heavy atom. The third-order valence-corrected chi connectivity index (χ3v) is 14.3. The van der Waals surface area contributed by atoms with Crippen LogP contribution >= 0.6 is 37.2 Å². The first-order chi connectivity index (χ1) is 26.6. The third kappa shape index (κ3) is 8.62. The van der Waals surface area contributed by atoms with Gasteiger partial charge in [0.15, 0.2) is 35.1 Å². The number of aliphatic hydroxyl groups is 1. The van der Waals surface area contributed by atoms with E-state index in [-0.39, 0.29) is 51.7 Å². The zero-order chi connectivity index (χ0) is 39.9. The summed E-state index contributed by atoms with van der Waals surface area (Å²) in [5.74, 6) is -0.658. The lowest BCUT2D eigenvalue weighted by molar-refractivity contribution is -0.120. The first-order valence-electron chi connectivity index (χ1n) is 17.1. The lowest BCUT2D eigenvalue weighted by Crippen LogP contribution is -2.36. The van der Waals surface area contributed by atoms with E-state index >= 15 is 0 Å². The molecule has 4 aromatic heterocycles. The Kier molecular flexibility index (Phi) is 12.1. The Bertz CT molecular complexity index is 2230. The van der Waals surface area contributed by atoms with E-state index < -0.39 is 83.3 Å². The SMILES string of the molecule is CNC(=O)CCC(C)SSCCC1[C@H]2COP(=O)(O)OC3[C@@H](COP(=O)(O)O[C@@H]1[C@H](n1cnc4c(=O)[nH]c(N)nc41)O2)O[C@@H](n1cnc2c(N)ncnc21)[C@H]3O. The zero-order valence-electron chi connectivity index (χ0n) is 29.6. The first-order valence-corrected chi connectivity index (χ1v) is 22.5. The van der Waals surface area contributed by atoms with Gasteiger partial charge < -0.3 is 41.2 Å². The highest BCUT2D eigenvalue weighted by molar-refractivity contribution is 8.76. The molecule has 7 heterocycles. The molecule has 3 aliphatic rings. The summed E-state index contributed by atoms with van der Waals surface area (Å²) in [7, 11) is -5.56. The van der Waals surface area contributed by atoms with Crippen LogP contribution in [-0.2, 0) is 41.5 Å². The average Bonchev–Trinajstić information content (AvgIpc) is 3.91. The van der Waals surface area contributed by atoms with Gasteiger partial charge >= 0.3 is 15.6 Å². The monoisotopic (exact) mass is 863 g/mol. The van der Waals surface area contributed by atoms with E-state index in [1.54, 1.807) is 7.05 Å². The van der Waals surface area contributed by atoms with Crippen molar-refractivity contribution >= 4 is 77.2 Å². The van der Waals surface area contributed by atoms with Crippen LogP contribution in [0.5, 0.6) is 0 Å². The number of hydrogen-bond acceptors (Lipinski definition) is 20. The maximum absolute atomic E-state index is 13.8. The third-order valence-electron chi connectivity index (χ3n) is 9.33. The van der Waals surface area contributed by atoms with Gasteiger partial charge in [-0.3, -0.25) is 41.8 Å². The summed E-state index contributed by atoms with van der Waals surface area (Å²) in [6.45, 7) is 0.584. The molecule has 11 atom stereocenters. The predicted molar refractivity (Wildman–Crippen MR) is 198 cm³/mol. The molecule has 3 fully saturated rings. The number of amides is 1. The molecule has 0 radical (unpaired) electrons. The van der Waals surface area contributed by atoms with Crippen LogP contribution in [0.3, 0.4) is 0 Å². The van der Waals surface area contributed by atoms with Crippen molar-refractivity contribution in [1.82, 2.24) is 44.4 Å². The molecule has 3 aliphatic heterocycles. The van der Waals surface area contributed by atoms with Gasteiger partial charge in [-0.15, -0.1) is 0 Å². The lowest BCUT2D eigenvalue weighted by atomic mass is 9.95. The second kappa shape index (κ2) is 16.6. The zero-order valence-corrected chi connectivity index (χ0v) is 33.0. The largest absolute Gasteiger partial charge is 0.472 e. The number of anilines is 2. The molecule has 4 aromatic rings. The van der Waals surface area contributed by atoms with Crippen LogP contribution in [0.1, 0.15) is 38.6 Å². The van der Waals surface area contributed by atoms with Crippen LogP contribution in [0.15, 0.2) is 23.8 Å². The van der Waals surface area contributed by atoms with Gasteiger partial charge in [0.2, 0.25) is 11.9 Å². The number of hydrogen-bond donors (Lipinski definition) is 7. The molecule has 5 unspecified atom stereocenters. The van der Waals surface area contributed by atoms with E-state index in [1.165, 1.54) is 49.7 Å². The number of phosphoric acid groups is 2. The number of aliphatic hydroxyl groups excluding tert-OH is 1. The number of H-pyrrole nitrogens is 1. The number of imidazole rings is 2. The van der Waals surface area contributed by atoms with Crippen molar-refractivity contribution in [3.05, 3.63) is 29.3 Å². The molecule has 0 aromatic carbocycles. The number of nitrogens with two attached hydrogens (primary N) is 2. The Morgan fingerprint density at radius 1 is 1.00 bits per heavy atom. The summed E-state index contributed by atoms with van der Waals surface area (Å²) < 4.78 is 64.5. The summed E-state index contributed by atoms with van der Waals surface area (Å²) in [6.07, 6.45) is -5.04. The predicted octanol–water partition coefficient (Wildman–Crippen LogP) is 0.600. The number of nitrogens with one attached hydrogen (secondary N) is 2. The summed E-state index contributed by atoms with van der Waals surface area (Å²) in [6, 6.07) is 0. The molecule has 0 saturated carbocycles. The number of nitrogen functional groups attached to an aromatic ring is 2. The number of aromatic nitrogens is 8. The Morgan fingerprint density at radius 2 is 1.66 bits per heavy atom. The summed E-state index contributed by atoms with van der Waals surface area (Å²) in [5.41, 5.74) is 11.3. The van der Waals surface area contributed by atoms with Crippen molar-refractivity contribution in [3.63, 3.8) is 0 Å². The van der Waals surface area contributed by atoms with Crippen molar-refractivity contribution in [2.75, 3.05) is 37.5 Å². The molecule has 1 amide bonds. The minimum Gasteiger partial charge on any atom is -0.386 e. The molecular weight excluding hydrogens is 824 g/mol. The van der Waals surface area contributed by atoms with Crippen LogP contribution < -0.4 is 22.3 Å². The fraction of sp³-hybridized carbons (Fsp3) is 0.607. The number of phosphoric ester groups is 2. The molecule has 306 valence electrons. The molecule has 7 rings (SSSR count). The highest BCUT2D eigenvalue weighted by atomic mass is 33.1. The minimum atomic E-state index is -5.08. The van der Waals surface area contributed by atoms with E-state index in [0.29, 0.717) is 18.6 Å². The quantitative estimate of drug-likeness (QED) is 0.0652. The molecule has 0 aliphatic carbocycles. The van der Waals surface area contributed by atoms with Crippen LogP contribution in [0, 0.1) is 5.92 Å². The number of carbonyl (C=O) groups excluding carboxylic acids is 1. The second-order valence-electron chi connectivity index (χ2n) is 13.0. The maximum Gasteiger partial charge on any atom is 0.472 e. The number of aromatic amines is 1. The van der Waals surface area contributed by atoms with E-state index in [9.17, 15) is 33.6 Å². The van der Waals surface area contributed by atoms with Gasteiger partial charge in [-0.05, 0) is 12.8 Å². The summed E-state index contributed by atoms with van der Waals surface area (Å²) >= 11 is 0. The molecular formula is C28H39N11O13P2S2. The molecule has 9 N–H and O–H groups in total. The van der Waals surface area contributed by atoms with Gasteiger partial charge in [-0.2, -0.15) is 4.98 Å². The van der Waals surface area contributed by atoms with Gasteiger partial charge in [0.1, 0.15) is 36.3 Å². The summed E-state index contributed by atoms with van der Waals surface area (Å²) in [5, 5.41) is 14.1. The van der Waals surface area contributed by atoms with E-state index in [0.717, 1.165) is 0 Å². The van der Waals surface area contributed by atoms with Crippen molar-refractivity contribution in [2.45, 2.75) is 74.4 Å². The maximum atomic E-state index is 13.8. The van der Waals surface area contributed by atoms with Crippen molar-refractivity contribution in [1.29, 1.82) is 0 Å². The molecule has 3 saturated heterocycles. The van der Waals surface area contributed by atoms with Crippen LogP contribution in [0.4, 0.5) is 11.8 Å². The number of carbonyl (C=O) groups is 1. The number of rotatable bonds is 10. The van der Waals surface area contributed by atoms with E-state index in [1.807, 2.05) is 6.92 Å². The smallest absolute Gasteiger partial charge is 0.386 e. The molecule has 24 nitrogen and oxygen atoms in total. The fourth-order valence-corrected chi connectivity index (χ4v) is 11.0. The second-order valence-corrected chi connectivity index (χ2v) is 18.8. The molecule has 0 spiro atoms. The molecule has 28 heteroatoms. The van der Waals surface area contributed by atoms with Gasteiger partial charge in [0, 0.05) is 30.4 Å². The molecule has 56 heavy (non-hydrogen) atoms. The van der Waals surface area contributed by atoms with E-state index in [2.05, 4.69) is 35.2 Å². The van der Waals surface area contributed by atoms with Crippen molar-refractivity contribution in [2.24, 2.45) is 5.92 Å². The topological polar surface area (TPSA) is 339 Å². The first kappa shape index (κ1) is 40.9. The van der Waals surface area contributed by atoms with Crippen molar-refractivity contribution < 1.29 is 56.4 Å². The van der Waals surface area contributed by atoms with Gasteiger partial charge in [0.25, 0.3) is 5.56 Å². The van der Waals surface area contributed by atoms with Crippen LogP contribution in [0.2, 0.25) is 0 Å². The minimum absolute atomic E-state index is 0.0349. The Hall–Kier alpha value is -3.23. The van der Waals surface area contributed by atoms with Crippen LogP contribution in [0.25, 0.3) is 22.3 Å². The number of fused-ring (bicyclic) bond motifs is 5. The van der Waals surface area contributed by atoms with Crippen molar-refractivity contribution in [3.8, 4) is 0 Å². The normalized spacial score (nSPS) is 33.1. The average molecular weight is 864 g/mol. The van der Waals surface area contributed by atoms with Gasteiger partial charge in [0.05, 0.1) is 32.0 Å². The summed E-state index contributed by atoms with van der Waals surface area (Å²) in [4.78, 5) is 69.4. The van der Waals surface area contributed by atoms with Gasteiger partial charge in [-0.25, -0.2) is 29.1 Å².